The first-order chi connectivity index (χ1) is 13.3. The molecule has 1 unspecified atom stereocenters. The number of rotatable bonds is 3. The monoisotopic (exact) mass is 397 g/mol. The maximum absolute atomic E-state index is 12.7. The highest BCUT2D eigenvalue weighted by atomic mass is 35.5. The van der Waals surface area contributed by atoms with Crippen LogP contribution in [0.5, 0.6) is 0 Å². The lowest BCUT2D eigenvalue weighted by molar-refractivity contribution is -0.139. The Morgan fingerprint density at radius 2 is 2.07 bits per heavy atom. The number of aromatic nitrogens is 1. The zero-order valence-corrected chi connectivity index (χ0v) is 16.8. The van der Waals surface area contributed by atoms with Crippen LogP contribution in [0, 0.1) is 25.2 Å². The Morgan fingerprint density at radius 1 is 1.36 bits per heavy atom. The quantitative estimate of drug-likeness (QED) is 0.617. The highest BCUT2D eigenvalue weighted by Gasteiger charge is 2.37. The largest absolute Gasteiger partial charge is 0.463 e. The number of aryl methyl sites for hydroxylation is 2. The minimum Gasteiger partial charge on any atom is -0.463 e. The van der Waals surface area contributed by atoms with Crippen LogP contribution in [-0.4, -0.2) is 17.6 Å². The Balaban J connectivity index is 2.30. The van der Waals surface area contributed by atoms with E-state index in [9.17, 15) is 10.1 Å². The molecule has 0 aliphatic carbocycles. The summed E-state index contributed by atoms with van der Waals surface area (Å²) in [7, 11) is 0. The van der Waals surface area contributed by atoms with Crippen molar-refractivity contribution in [2.45, 2.75) is 33.6 Å². The van der Waals surface area contributed by atoms with E-state index in [0.717, 1.165) is 22.0 Å². The first kappa shape index (κ1) is 19.7. The van der Waals surface area contributed by atoms with Crippen LogP contribution < -0.4 is 5.73 Å². The van der Waals surface area contributed by atoms with Crippen LogP contribution in [0.1, 0.15) is 36.5 Å². The molecular formula is C21H20ClN3O3. The van der Waals surface area contributed by atoms with Crippen molar-refractivity contribution in [1.82, 2.24) is 4.98 Å². The summed E-state index contributed by atoms with van der Waals surface area (Å²) in [6, 6.07) is 7.88. The topological polar surface area (TPSA) is 98.2 Å². The summed E-state index contributed by atoms with van der Waals surface area (Å²) < 4.78 is 10.6. The molecule has 0 amide bonds. The van der Waals surface area contributed by atoms with Gasteiger partial charge in [-0.25, -0.2) is 9.78 Å². The number of halogens is 1. The lowest BCUT2D eigenvalue weighted by Crippen LogP contribution is -2.26. The van der Waals surface area contributed by atoms with E-state index in [2.05, 4.69) is 11.1 Å². The third kappa shape index (κ3) is 3.30. The number of allylic oxidation sites excluding steroid dienone is 2. The van der Waals surface area contributed by atoms with E-state index in [1.165, 1.54) is 0 Å². The predicted molar refractivity (Wildman–Crippen MR) is 106 cm³/mol. The van der Waals surface area contributed by atoms with Gasteiger partial charge in [0.25, 0.3) is 0 Å². The molecule has 1 aliphatic heterocycles. The van der Waals surface area contributed by atoms with Crippen LogP contribution in [0.4, 0.5) is 0 Å². The smallest absolute Gasteiger partial charge is 0.338 e. The Morgan fingerprint density at radius 3 is 2.71 bits per heavy atom. The molecule has 1 aromatic heterocycles. The summed E-state index contributed by atoms with van der Waals surface area (Å²) in [4.78, 5) is 17.2. The zero-order valence-electron chi connectivity index (χ0n) is 16.1. The molecule has 2 N–H and O–H groups in total. The van der Waals surface area contributed by atoms with E-state index < -0.39 is 11.9 Å². The second-order valence-electron chi connectivity index (χ2n) is 6.63. The van der Waals surface area contributed by atoms with Gasteiger partial charge >= 0.3 is 5.97 Å². The SMILES string of the molecule is CCOC(=O)C1=C(C)OC(N)=C(C#N)C1c1cc2c(C)cc(C)cc2nc1Cl. The normalized spacial score (nSPS) is 16.8. The highest BCUT2D eigenvalue weighted by Crippen LogP contribution is 2.42. The molecule has 0 fully saturated rings. The van der Waals surface area contributed by atoms with Gasteiger partial charge in [-0.3, -0.25) is 0 Å². The molecular weight excluding hydrogens is 378 g/mol. The second kappa shape index (κ2) is 7.53. The molecule has 28 heavy (non-hydrogen) atoms. The van der Waals surface area contributed by atoms with Gasteiger partial charge in [-0.15, -0.1) is 0 Å². The summed E-state index contributed by atoms with van der Waals surface area (Å²) in [5.74, 6) is -1.18. The number of nitrogens with two attached hydrogens (primary N) is 1. The van der Waals surface area contributed by atoms with Crippen LogP contribution in [0.15, 0.2) is 41.0 Å². The molecule has 1 aromatic carbocycles. The number of ether oxygens (including phenoxy) is 2. The Kier molecular flexibility index (Phi) is 5.30. The number of nitriles is 1. The summed E-state index contributed by atoms with van der Waals surface area (Å²) in [6.45, 7) is 7.46. The first-order valence-corrected chi connectivity index (χ1v) is 9.19. The van der Waals surface area contributed by atoms with Crippen molar-refractivity contribution < 1.29 is 14.3 Å². The Bertz CT molecular complexity index is 1100. The second-order valence-corrected chi connectivity index (χ2v) is 6.99. The zero-order chi connectivity index (χ0) is 20.6. The number of carbonyl (C=O) groups is 1. The summed E-state index contributed by atoms with van der Waals surface area (Å²) in [6.07, 6.45) is 0. The van der Waals surface area contributed by atoms with Gasteiger partial charge in [0, 0.05) is 10.9 Å². The fourth-order valence-corrected chi connectivity index (χ4v) is 3.74. The number of benzene rings is 1. The van der Waals surface area contributed by atoms with Crippen LogP contribution in [0.25, 0.3) is 10.9 Å². The first-order valence-electron chi connectivity index (χ1n) is 8.81. The lowest BCUT2D eigenvalue weighted by atomic mass is 9.83. The highest BCUT2D eigenvalue weighted by molar-refractivity contribution is 6.31. The van der Waals surface area contributed by atoms with Gasteiger partial charge in [-0.1, -0.05) is 17.7 Å². The standard InChI is InChI=1S/C21H20ClN3O3/c1-5-27-21(26)17-12(4)28-20(24)15(9-23)18(17)14-8-13-11(3)6-10(2)7-16(13)25-19(14)22/h6-8,18H,5,24H2,1-4H3. The lowest BCUT2D eigenvalue weighted by Gasteiger charge is -2.27. The molecule has 1 aliphatic rings. The van der Waals surface area contributed by atoms with Crippen molar-refractivity contribution in [3.05, 3.63) is 62.8 Å². The van der Waals surface area contributed by atoms with Gasteiger partial charge in [0.1, 0.15) is 22.6 Å². The molecule has 2 heterocycles. The molecule has 0 radical (unpaired) electrons. The van der Waals surface area contributed by atoms with Gasteiger partial charge in [-0.05, 0) is 51.0 Å². The third-order valence-electron chi connectivity index (χ3n) is 4.68. The van der Waals surface area contributed by atoms with Gasteiger partial charge < -0.3 is 15.2 Å². The minimum atomic E-state index is -0.817. The number of hydrogen-bond acceptors (Lipinski definition) is 6. The van der Waals surface area contributed by atoms with Gasteiger partial charge in [0.15, 0.2) is 0 Å². The average Bonchev–Trinajstić information content (AvgIpc) is 2.60. The van der Waals surface area contributed by atoms with Crippen LogP contribution >= 0.6 is 11.6 Å². The van der Waals surface area contributed by atoms with Gasteiger partial charge in [-0.2, -0.15) is 5.26 Å². The fraction of sp³-hybridized carbons (Fsp3) is 0.286. The molecule has 144 valence electrons. The summed E-state index contributed by atoms with van der Waals surface area (Å²) >= 11 is 6.51. The number of carbonyl (C=O) groups excluding carboxylic acids is 1. The number of fused-ring (bicyclic) bond motifs is 1. The third-order valence-corrected chi connectivity index (χ3v) is 4.98. The van der Waals surface area contributed by atoms with Gasteiger partial charge in [0.05, 0.1) is 23.6 Å². The fourth-order valence-electron chi connectivity index (χ4n) is 3.49. The van der Waals surface area contributed by atoms with Crippen molar-refractivity contribution in [3.63, 3.8) is 0 Å². The Labute approximate surface area is 168 Å². The molecule has 0 saturated heterocycles. The van der Waals surface area contributed by atoms with Gasteiger partial charge in [0.2, 0.25) is 5.88 Å². The van der Waals surface area contributed by atoms with Crippen molar-refractivity contribution in [2.75, 3.05) is 6.61 Å². The number of pyridine rings is 1. The molecule has 3 rings (SSSR count). The maximum Gasteiger partial charge on any atom is 0.338 e. The van der Waals surface area contributed by atoms with Crippen molar-refractivity contribution >= 4 is 28.5 Å². The van der Waals surface area contributed by atoms with E-state index in [1.54, 1.807) is 13.8 Å². The van der Waals surface area contributed by atoms with E-state index >= 15 is 0 Å². The van der Waals surface area contributed by atoms with Crippen molar-refractivity contribution in [3.8, 4) is 6.07 Å². The molecule has 0 saturated carbocycles. The van der Waals surface area contributed by atoms with Crippen LogP contribution in [-0.2, 0) is 14.3 Å². The number of esters is 1. The number of hydrogen-bond donors (Lipinski definition) is 1. The van der Waals surface area contributed by atoms with E-state index in [1.807, 2.05) is 32.0 Å². The molecule has 7 heteroatoms. The predicted octanol–water partition coefficient (Wildman–Crippen LogP) is 4.15. The molecule has 6 nitrogen and oxygen atoms in total. The average molecular weight is 398 g/mol. The maximum atomic E-state index is 12.7. The molecule has 2 aromatic rings. The van der Waals surface area contributed by atoms with Crippen LogP contribution in [0.2, 0.25) is 5.15 Å². The van der Waals surface area contributed by atoms with Crippen molar-refractivity contribution in [1.29, 1.82) is 5.26 Å². The van der Waals surface area contributed by atoms with E-state index in [-0.39, 0.29) is 34.5 Å². The minimum absolute atomic E-state index is 0.0603. The molecule has 1 atom stereocenters. The Hall–Kier alpha value is -3.04. The van der Waals surface area contributed by atoms with Crippen LogP contribution in [0.3, 0.4) is 0 Å². The summed E-state index contributed by atoms with van der Waals surface area (Å²) in [5, 5.41) is 10.8. The molecule has 0 spiro atoms. The van der Waals surface area contributed by atoms with E-state index in [0.29, 0.717) is 5.56 Å². The van der Waals surface area contributed by atoms with Crippen molar-refractivity contribution in [2.24, 2.45) is 5.73 Å². The number of nitrogens with zero attached hydrogens (tertiary/aromatic N) is 2. The van der Waals surface area contributed by atoms with E-state index in [4.69, 9.17) is 26.8 Å². The summed E-state index contributed by atoms with van der Waals surface area (Å²) in [5.41, 5.74) is 9.57. The molecule has 0 bridgehead atoms.